The van der Waals surface area contributed by atoms with Gasteiger partial charge in [0.2, 0.25) is 0 Å². The van der Waals surface area contributed by atoms with Gasteiger partial charge in [-0.1, -0.05) is 37.6 Å². The average Bonchev–Trinajstić information content (AvgIpc) is 2.30. The van der Waals surface area contributed by atoms with Crippen molar-refractivity contribution in [2.75, 3.05) is 0 Å². The maximum Gasteiger partial charge on any atom is 0.0406 e. The molecule has 1 N–H and O–H groups in total. The molecular formula is C17H26ClN. The fourth-order valence-corrected chi connectivity index (χ4v) is 3.64. The van der Waals surface area contributed by atoms with Crippen LogP contribution in [-0.2, 0) is 6.42 Å². The Morgan fingerprint density at radius 1 is 1.11 bits per heavy atom. The number of hydrogen-bond donors (Lipinski definition) is 1. The minimum Gasteiger partial charge on any atom is -0.311 e. The Morgan fingerprint density at radius 3 is 2.26 bits per heavy atom. The molecule has 0 bridgehead atoms. The number of halogens is 1. The van der Waals surface area contributed by atoms with Gasteiger partial charge in [-0.05, 0) is 62.1 Å². The van der Waals surface area contributed by atoms with Gasteiger partial charge in [-0.2, -0.15) is 0 Å². The van der Waals surface area contributed by atoms with Gasteiger partial charge < -0.3 is 5.32 Å². The Hall–Kier alpha value is -0.530. The first kappa shape index (κ1) is 14.9. The van der Waals surface area contributed by atoms with Crippen LogP contribution in [0.1, 0.15) is 45.6 Å². The highest BCUT2D eigenvalue weighted by atomic mass is 35.5. The van der Waals surface area contributed by atoms with E-state index in [1.165, 1.54) is 24.8 Å². The molecule has 0 spiro atoms. The summed E-state index contributed by atoms with van der Waals surface area (Å²) in [6.07, 6.45) is 5.13. The van der Waals surface area contributed by atoms with Crippen LogP contribution in [0.5, 0.6) is 0 Å². The smallest absolute Gasteiger partial charge is 0.0406 e. The third-order valence-corrected chi connectivity index (χ3v) is 4.41. The van der Waals surface area contributed by atoms with Gasteiger partial charge in [-0.25, -0.2) is 0 Å². The van der Waals surface area contributed by atoms with Crippen LogP contribution in [0.3, 0.4) is 0 Å². The van der Waals surface area contributed by atoms with Crippen LogP contribution < -0.4 is 5.32 Å². The maximum atomic E-state index is 5.92. The predicted molar refractivity (Wildman–Crippen MR) is 83.7 cm³/mol. The monoisotopic (exact) mass is 279 g/mol. The van der Waals surface area contributed by atoms with E-state index >= 15 is 0 Å². The van der Waals surface area contributed by atoms with Gasteiger partial charge in [0.15, 0.2) is 0 Å². The van der Waals surface area contributed by atoms with Gasteiger partial charge in [-0.3, -0.25) is 0 Å². The normalized spacial score (nSPS) is 29.2. The molecule has 0 heterocycles. The summed E-state index contributed by atoms with van der Waals surface area (Å²) < 4.78 is 0. The van der Waals surface area contributed by atoms with E-state index in [-0.39, 0.29) is 0 Å². The predicted octanol–water partition coefficient (Wildman–Crippen LogP) is 4.69. The van der Waals surface area contributed by atoms with Crippen molar-refractivity contribution in [3.8, 4) is 0 Å². The van der Waals surface area contributed by atoms with E-state index in [0.717, 1.165) is 23.3 Å². The van der Waals surface area contributed by atoms with Crippen molar-refractivity contribution in [3.05, 3.63) is 34.9 Å². The quantitative estimate of drug-likeness (QED) is 0.843. The maximum absolute atomic E-state index is 5.92. The summed E-state index contributed by atoms with van der Waals surface area (Å²) in [7, 11) is 0. The second-order valence-corrected chi connectivity index (χ2v) is 6.95. The summed E-state index contributed by atoms with van der Waals surface area (Å²) in [5, 5.41) is 4.63. The van der Waals surface area contributed by atoms with E-state index in [1.807, 2.05) is 12.1 Å². The third-order valence-electron chi connectivity index (χ3n) is 4.15. The Kier molecular flexibility index (Phi) is 5.29. The van der Waals surface area contributed by atoms with Gasteiger partial charge in [0.25, 0.3) is 0 Å². The standard InChI is InChI=1S/C17H26ClN/c1-12-8-13(2)10-17(9-12)19-14(3)11-15-4-6-16(18)7-5-15/h4-7,12-14,17,19H,8-11H2,1-3H3. The molecule has 19 heavy (non-hydrogen) atoms. The SMILES string of the molecule is CC1CC(C)CC(NC(C)Cc2ccc(Cl)cc2)C1. The molecular weight excluding hydrogens is 254 g/mol. The molecule has 1 fully saturated rings. The van der Waals surface area contributed by atoms with Crippen LogP contribution in [0, 0.1) is 11.8 Å². The average molecular weight is 280 g/mol. The summed E-state index contributed by atoms with van der Waals surface area (Å²) in [5.74, 6) is 1.73. The van der Waals surface area contributed by atoms with Crippen molar-refractivity contribution in [1.29, 1.82) is 0 Å². The van der Waals surface area contributed by atoms with Crippen molar-refractivity contribution in [1.82, 2.24) is 5.32 Å². The molecule has 3 atom stereocenters. The van der Waals surface area contributed by atoms with Crippen LogP contribution in [0.2, 0.25) is 5.02 Å². The lowest BCUT2D eigenvalue weighted by molar-refractivity contribution is 0.227. The van der Waals surface area contributed by atoms with Crippen molar-refractivity contribution in [2.24, 2.45) is 11.8 Å². The van der Waals surface area contributed by atoms with Crippen LogP contribution in [0.25, 0.3) is 0 Å². The lowest BCUT2D eigenvalue weighted by Gasteiger charge is -2.34. The molecule has 1 aliphatic carbocycles. The topological polar surface area (TPSA) is 12.0 Å². The zero-order valence-electron chi connectivity index (χ0n) is 12.3. The molecule has 0 aliphatic heterocycles. The Bertz CT molecular complexity index is 377. The molecule has 3 unspecified atom stereocenters. The van der Waals surface area contributed by atoms with E-state index in [1.54, 1.807) is 0 Å². The van der Waals surface area contributed by atoms with Gasteiger partial charge in [0, 0.05) is 17.1 Å². The molecule has 1 aromatic carbocycles. The fraction of sp³-hybridized carbons (Fsp3) is 0.647. The highest BCUT2D eigenvalue weighted by Crippen LogP contribution is 2.28. The molecule has 0 saturated heterocycles. The zero-order chi connectivity index (χ0) is 13.8. The molecule has 1 saturated carbocycles. The molecule has 2 heteroatoms. The van der Waals surface area contributed by atoms with Gasteiger partial charge in [0.1, 0.15) is 0 Å². The van der Waals surface area contributed by atoms with Gasteiger partial charge >= 0.3 is 0 Å². The highest BCUT2D eigenvalue weighted by molar-refractivity contribution is 6.30. The van der Waals surface area contributed by atoms with Crippen LogP contribution in [0.4, 0.5) is 0 Å². The second kappa shape index (κ2) is 6.76. The van der Waals surface area contributed by atoms with Crippen molar-refractivity contribution in [3.63, 3.8) is 0 Å². The first-order valence-electron chi connectivity index (χ1n) is 7.53. The summed E-state index contributed by atoms with van der Waals surface area (Å²) in [6, 6.07) is 9.45. The summed E-state index contributed by atoms with van der Waals surface area (Å²) in [5.41, 5.74) is 1.36. The molecule has 0 amide bonds. The Morgan fingerprint density at radius 2 is 1.68 bits per heavy atom. The Balaban J connectivity index is 1.83. The highest BCUT2D eigenvalue weighted by Gasteiger charge is 2.24. The van der Waals surface area contributed by atoms with Crippen LogP contribution in [0.15, 0.2) is 24.3 Å². The van der Waals surface area contributed by atoms with Crippen LogP contribution in [-0.4, -0.2) is 12.1 Å². The number of benzene rings is 1. The number of rotatable bonds is 4. The Labute approximate surface area is 122 Å². The molecule has 0 radical (unpaired) electrons. The molecule has 1 nitrogen and oxygen atoms in total. The molecule has 0 aromatic heterocycles. The van der Waals surface area contributed by atoms with E-state index in [9.17, 15) is 0 Å². The molecule has 1 aromatic rings. The first-order chi connectivity index (χ1) is 9.02. The lowest BCUT2D eigenvalue weighted by atomic mass is 9.80. The van der Waals surface area contributed by atoms with Gasteiger partial charge in [0.05, 0.1) is 0 Å². The van der Waals surface area contributed by atoms with E-state index in [2.05, 4.69) is 38.2 Å². The van der Waals surface area contributed by atoms with E-state index in [4.69, 9.17) is 11.6 Å². The van der Waals surface area contributed by atoms with Crippen molar-refractivity contribution < 1.29 is 0 Å². The minimum absolute atomic E-state index is 0.531. The van der Waals surface area contributed by atoms with E-state index < -0.39 is 0 Å². The molecule has 106 valence electrons. The largest absolute Gasteiger partial charge is 0.311 e. The number of hydrogen-bond acceptors (Lipinski definition) is 1. The van der Waals surface area contributed by atoms with Gasteiger partial charge in [-0.15, -0.1) is 0 Å². The van der Waals surface area contributed by atoms with E-state index in [0.29, 0.717) is 12.1 Å². The zero-order valence-corrected chi connectivity index (χ0v) is 13.1. The summed E-state index contributed by atoms with van der Waals surface area (Å²) >= 11 is 5.92. The fourth-order valence-electron chi connectivity index (χ4n) is 3.52. The summed E-state index contributed by atoms with van der Waals surface area (Å²) in [4.78, 5) is 0. The number of nitrogens with one attached hydrogen (secondary N) is 1. The summed E-state index contributed by atoms with van der Waals surface area (Å²) in [6.45, 7) is 7.06. The molecule has 1 aliphatic rings. The second-order valence-electron chi connectivity index (χ2n) is 6.51. The van der Waals surface area contributed by atoms with Crippen LogP contribution >= 0.6 is 11.6 Å². The minimum atomic E-state index is 0.531. The van der Waals surface area contributed by atoms with Crippen molar-refractivity contribution >= 4 is 11.6 Å². The first-order valence-corrected chi connectivity index (χ1v) is 7.91. The third kappa shape index (κ3) is 4.81. The lowest BCUT2D eigenvalue weighted by Crippen LogP contribution is -2.42. The molecule has 2 rings (SSSR count). The van der Waals surface area contributed by atoms with Crippen molar-refractivity contribution in [2.45, 2.75) is 58.5 Å².